The normalized spacial score (nSPS) is 13.3. The minimum Gasteiger partial charge on any atom is -0.508 e. The highest BCUT2D eigenvalue weighted by atomic mass is 79.9. The van der Waals surface area contributed by atoms with E-state index in [2.05, 4.69) is 107 Å². The zero-order chi connectivity index (χ0) is 22.1. The molecule has 2 N–H and O–H groups in total. The van der Waals surface area contributed by atoms with E-state index in [1.54, 1.807) is 6.07 Å². The van der Waals surface area contributed by atoms with E-state index in [4.69, 9.17) is 0 Å². The van der Waals surface area contributed by atoms with Crippen LogP contribution in [-0.4, -0.2) is 5.11 Å². The molecule has 0 radical (unpaired) electrons. The fourth-order valence-electron chi connectivity index (χ4n) is 4.54. The molecule has 0 heterocycles. The summed E-state index contributed by atoms with van der Waals surface area (Å²) in [7, 11) is 0. The summed E-state index contributed by atoms with van der Waals surface area (Å²) in [4.78, 5) is 0. The Morgan fingerprint density at radius 3 is 2.31 bits per heavy atom. The number of hydrogen-bond donors (Lipinski definition) is 2. The molecule has 0 aliphatic carbocycles. The molecule has 0 amide bonds. The first-order chi connectivity index (χ1) is 15.6. The summed E-state index contributed by atoms with van der Waals surface area (Å²) in [5.41, 5.74) is 3.26. The lowest BCUT2D eigenvalue weighted by molar-refractivity contribution is 0.449. The van der Waals surface area contributed by atoms with Gasteiger partial charge in [-0.05, 0) is 57.8 Å². The SMILES string of the molecule is C[C@H](NC(c1cccc2ccccc12)c1c(O)ccc2cc(Br)ccc12)c1ccccc1. The van der Waals surface area contributed by atoms with Crippen molar-refractivity contribution in [1.82, 2.24) is 5.32 Å². The molecule has 0 saturated carbocycles. The van der Waals surface area contributed by atoms with Crippen LogP contribution >= 0.6 is 15.9 Å². The van der Waals surface area contributed by atoms with Gasteiger partial charge in [0.05, 0.1) is 6.04 Å². The van der Waals surface area contributed by atoms with E-state index < -0.39 is 0 Å². The van der Waals surface area contributed by atoms with Crippen molar-refractivity contribution in [3.63, 3.8) is 0 Å². The third-order valence-electron chi connectivity index (χ3n) is 6.14. The molecule has 5 aromatic carbocycles. The van der Waals surface area contributed by atoms with Crippen LogP contribution in [0.4, 0.5) is 0 Å². The van der Waals surface area contributed by atoms with Crippen LogP contribution in [0.1, 0.15) is 35.7 Å². The molecule has 0 aliphatic heterocycles. The number of nitrogens with one attached hydrogen (secondary N) is 1. The van der Waals surface area contributed by atoms with Crippen LogP contribution in [-0.2, 0) is 0 Å². The first-order valence-electron chi connectivity index (χ1n) is 10.8. The average Bonchev–Trinajstić information content (AvgIpc) is 2.83. The number of phenolic OH excluding ortho intramolecular Hbond substituents is 1. The predicted molar refractivity (Wildman–Crippen MR) is 137 cm³/mol. The number of hydrogen-bond acceptors (Lipinski definition) is 2. The van der Waals surface area contributed by atoms with Gasteiger partial charge < -0.3 is 5.11 Å². The zero-order valence-electron chi connectivity index (χ0n) is 17.8. The number of halogens is 1. The van der Waals surface area contributed by atoms with Crippen LogP contribution in [0, 0.1) is 0 Å². The molecular formula is C29H24BrNO. The van der Waals surface area contributed by atoms with Crippen molar-refractivity contribution in [2.45, 2.75) is 19.0 Å². The molecule has 0 saturated heterocycles. The molecule has 0 bridgehead atoms. The van der Waals surface area contributed by atoms with E-state index in [0.29, 0.717) is 5.75 Å². The Bertz CT molecular complexity index is 1390. The second-order valence-corrected chi connectivity index (χ2v) is 9.08. The molecule has 0 spiro atoms. The summed E-state index contributed by atoms with van der Waals surface area (Å²) in [6.45, 7) is 2.17. The van der Waals surface area contributed by atoms with Gasteiger partial charge in [-0.3, -0.25) is 5.32 Å². The molecular weight excluding hydrogens is 458 g/mol. The molecule has 1 unspecified atom stereocenters. The minimum atomic E-state index is -0.193. The first kappa shape index (κ1) is 20.7. The summed E-state index contributed by atoms with van der Waals surface area (Å²) in [5.74, 6) is 0.297. The lowest BCUT2D eigenvalue weighted by Crippen LogP contribution is -2.26. The van der Waals surface area contributed by atoms with E-state index >= 15 is 0 Å². The monoisotopic (exact) mass is 481 g/mol. The molecule has 0 fully saturated rings. The van der Waals surface area contributed by atoms with E-state index in [1.807, 2.05) is 18.2 Å². The van der Waals surface area contributed by atoms with Gasteiger partial charge in [0.25, 0.3) is 0 Å². The molecule has 2 nitrogen and oxygen atoms in total. The third-order valence-corrected chi connectivity index (χ3v) is 6.63. The zero-order valence-corrected chi connectivity index (χ0v) is 19.4. The van der Waals surface area contributed by atoms with E-state index in [-0.39, 0.29) is 12.1 Å². The number of phenols is 1. The average molecular weight is 482 g/mol. The quantitative estimate of drug-likeness (QED) is 0.267. The lowest BCUT2D eigenvalue weighted by Gasteiger charge is -2.27. The molecule has 158 valence electrons. The van der Waals surface area contributed by atoms with Crippen LogP contribution in [0.15, 0.2) is 108 Å². The standard InChI is InChI=1S/C29H24BrNO/c1-19(20-8-3-2-4-9-20)31-29(26-13-7-11-21-10-5-6-12-24(21)26)28-25-16-15-23(30)18-22(25)14-17-27(28)32/h2-19,29,31-32H,1H3/t19-,29?/m0/s1. The van der Waals surface area contributed by atoms with Crippen LogP contribution in [0.2, 0.25) is 0 Å². The highest BCUT2D eigenvalue weighted by Crippen LogP contribution is 2.40. The van der Waals surface area contributed by atoms with Crippen molar-refractivity contribution in [3.05, 3.63) is 124 Å². The number of benzene rings is 5. The van der Waals surface area contributed by atoms with Crippen molar-refractivity contribution in [3.8, 4) is 5.75 Å². The Hall–Kier alpha value is -3.14. The van der Waals surface area contributed by atoms with Gasteiger partial charge in [0.2, 0.25) is 0 Å². The van der Waals surface area contributed by atoms with Gasteiger partial charge in [-0.2, -0.15) is 0 Å². The van der Waals surface area contributed by atoms with Gasteiger partial charge in [0, 0.05) is 16.1 Å². The molecule has 5 aromatic rings. The second-order valence-electron chi connectivity index (χ2n) is 8.16. The Kier molecular flexibility index (Phi) is 5.69. The van der Waals surface area contributed by atoms with Crippen molar-refractivity contribution in [1.29, 1.82) is 0 Å². The third kappa shape index (κ3) is 3.90. The Morgan fingerprint density at radius 1 is 0.719 bits per heavy atom. The summed E-state index contributed by atoms with van der Waals surface area (Å²) in [6.07, 6.45) is 0. The van der Waals surface area contributed by atoms with Crippen LogP contribution in [0.25, 0.3) is 21.5 Å². The number of rotatable bonds is 5. The van der Waals surface area contributed by atoms with Crippen molar-refractivity contribution in [2.75, 3.05) is 0 Å². The highest BCUT2D eigenvalue weighted by Gasteiger charge is 2.24. The van der Waals surface area contributed by atoms with Crippen LogP contribution in [0.5, 0.6) is 5.75 Å². The smallest absolute Gasteiger partial charge is 0.121 e. The van der Waals surface area contributed by atoms with Crippen LogP contribution in [0.3, 0.4) is 0 Å². The van der Waals surface area contributed by atoms with Gasteiger partial charge in [-0.1, -0.05) is 101 Å². The van der Waals surface area contributed by atoms with Crippen molar-refractivity contribution in [2.24, 2.45) is 0 Å². The summed E-state index contributed by atoms with van der Waals surface area (Å²) in [5, 5.41) is 19.4. The second kappa shape index (κ2) is 8.78. The van der Waals surface area contributed by atoms with Crippen LogP contribution < -0.4 is 5.32 Å². The van der Waals surface area contributed by atoms with Gasteiger partial charge in [-0.25, -0.2) is 0 Å². The van der Waals surface area contributed by atoms with Gasteiger partial charge in [0.1, 0.15) is 5.75 Å². The fourth-order valence-corrected chi connectivity index (χ4v) is 4.91. The molecule has 2 atom stereocenters. The van der Waals surface area contributed by atoms with Gasteiger partial charge >= 0.3 is 0 Å². The summed E-state index contributed by atoms with van der Waals surface area (Å²) in [6, 6.07) is 35.1. The highest BCUT2D eigenvalue weighted by molar-refractivity contribution is 9.10. The lowest BCUT2D eigenvalue weighted by atomic mass is 9.89. The minimum absolute atomic E-state index is 0.0882. The topological polar surface area (TPSA) is 32.3 Å². The largest absolute Gasteiger partial charge is 0.508 e. The molecule has 0 aromatic heterocycles. The molecule has 3 heteroatoms. The molecule has 0 aliphatic rings. The number of aromatic hydroxyl groups is 1. The summed E-state index contributed by atoms with van der Waals surface area (Å²) < 4.78 is 1.02. The maximum absolute atomic E-state index is 11.1. The van der Waals surface area contributed by atoms with Gasteiger partial charge in [0.15, 0.2) is 0 Å². The maximum atomic E-state index is 11.1. The Labute approximate surface area is 196 Å². The fraction of sp³-hybridized carbons (Fsp3) is 0.103. The maximum Gasteiger partial charge on any atom is 0.121 e. The van der Waals surface area contributed by atoms with E-state index in [1.165, 1.54) is 16.3 Å². The molecule has 5 rings (SSSR count). The predicted octanol–water partition coefficient (Wildman–Crippen LogP) is 7.90. The summed E-state index contributed by atoms with van der Waals surface area (Å²) >= 11 is 3.58. The van der Waals surface area contributed by atoms with E-state index in [9.17, 15) is 5.11 Å². The van der Waals surface area contributed by atoms with E-state index in [0.717, 1.165) is 26.4 Å². The number of fused-ring (bicyclic) bond motifs is 2. The Morgan fingerprint density at radius 2 is 1.47 bits per heavy atom. The van der Waals surface area contributed by atoms with Gasteiger partial charge in [-0.15, -0.1) is 0 Å². The first-order valence-corrected chi connectivity index (χ1v) is 11.6. The Balaban J connectivity index is 1.74. The van der Waals surface area contributed by atoms with Crippen molar-refractivity contribution < 1.29 is 5.11 Å². The molecule has 32 heavy (non-hydrogen) atoms. The van der Waals surface area contributed by atoms with Crippen molar-refractivity contribution >= 4 is 37.5 Å².